The molecule has 1 aromatic heterocycles. The van der Waals surface area contributed by atoms with Gasteiger partial charge in [0, 0.05) is 18.5 Å². The Kier molecular flexibility index (Phi) is 3.81. The Balaban J connectivity index is 2.22. The Bertz CT molecular complexity index is 544. The molecule has 0 radical (unpaired) electrons. The Labute approximate surface area is 109 Å². The molecular formula is C12H13ClFN3O. The molecule has 6 heteroatoms. The first kappa shape index (κ1) is 12.8. The standard InChI is InChI=1S/C12H13ClFN3O/c1-3-17(7-12-16-15-8(2)18-12)11-5-4-9(13)6-10(11)14/h4-6H,3,7H2,1-2H3. The molecule has 0 spiro atoms. The molecule has 2 aromatic rings. The number of hydrogen-bond acceptors (Lipinski definition) is 4. The minimum Gasteiger partial charge on any atom is -0.424 e. The van der Waals surface area contributed by atoms with Crippen LogP contribution in [0.5, 0.6) is 0 Å². The van der Waals surface area contributed by atoms with Gasteiger partial charge in [0.05, 0.1) is 12.2 Å². The van der Waals surface area contributed by atoms with Crippen molar-refractivity contribution in [3.05, 3.63) is 40.8 Å². The largest absolute Gasteiger partial charge is 0.424 e. The van der Waals surface area contributed by atoms with Crippen LogP contribution < -0.4 is 4.90 Å². The topological polar surface area (TPSA) is 42.2 Å². The molecule has 0 N–H and O–H groups in total. The minimum atomic E-state index is -0.361. The van der Waals surface area contributed by atoms with Crippen LogP contribution in [0, 0.1) is 12.7 Å². The van der Waals surface area contributed by atoms with Gasteiger partial charge in [0.15, 0.2) is 0 Å². The van der Waals surface area contributed by atoms with Gasteiger partial charge in [0.2, 0.25) is 11.8 Å². The summed E-state index contributed by atoms with van der Waals surface area (Å²) in [5.74, 6) is 0.599. The Morgan fingerprint density at radius 3 is 2.72 bits per heavy atom. The van der Waals surface area contributed by atoms with Gasteiger partial charge in [-0.15, -0.1) is 10.2 Å². The Morgan fingerprint density at radius 1 is 1.39 bits per heavy atom. The number of halogens is 2. The number of rotatable bonds is 4. The zero-order chi connectivity index (χ0) is 13.1. The summed E-state index contributed by atoms with van der Waals surface area (Å²) in [5, 5.41) is 8.02. The van der Waals surface area contributed by atoms with Crippen LogP contribution in [0.1, 0.15) is 18.7 Å². The van der Waals surface area contributed by atoms with Crippen molar-refractivity contribution >= 4 is 17.3 Å². The second-order valence-corrected chi connectivity index (χ2v) is 4.26. The average molecular weight is 270 g/mol. The lowest BCUT2D eigenvalue weighted by atomic mass is 10.2. The number of aromatic nitrogens is 2. The third kappa shape index (κ3) is 2.79. The van der Waals surface area contributed by atoms with Crippen LogP contribution in [-0.4, -0.2) is 16.7 Å². The molecule has 2 rings (SSSR count). The minimum absolute atomic E-state index is 0.361. The lowest BCUT2D eigenvalue weighted by molar-refractivity contribution is 0.462. The predicted molar refractivity (Wildman–Crippen MR) is 67.2 cm³/mol. The number of benzene rings is 1. The summed E-state index contributed by atoms with van der Waals surface area (Å²) >= 11 is 5.73. The van der Waals surface area contributed by atoms with Crippen LogP contribution in [0.3, 0.4) is 0 Å². The van der Waals surface area contributed by atoms with Gasteiger partial charge in [0.1, 0.15) is 5.82 Å². The molecule has 0 bridgehead atoms. The van der Waals surface area contributed by atoms with Gasteiger partial charge in [-0.2, -0.15) is 0 Å². The van der Waals surface area contributed by atoms with Crippen molar-refractivity contribution in [3.63, 3.8) is 0 Å². The van der Waals surface area contributed by atoms with Crippen molar-refractivity contribution in [2.24, 2.45) is 0 Å². The number of aryl methyl sites for hydroxylation is 1. The smallest absolute Gasteiger partial charge is 0.235 e. The summed E-state index contributed by atoms with van der Waals surface area (Å²) in [6.45, 7) is 4.64. The van der Waals surface area contributed by atoms with E-state index in [1.165, 1.54) is 6.07 Å². The maximum Gasteiger partial charge on any atom is 0.235 e. The molecule has 4 nitrogen and oxygen atoms in total. The van der Waals surface area contributed by atoms with Crippen LogP contribution >= 0.6 is 11.6 Å². The summed E-state index contributed by atoms with van der Waals surface area (Å²) in [4.78, 5) is 1.80. The van der Waals surface area contributed by atoms with E-state index in [4.69, 9.17) is 16.0 Å². The van der Waals surface area contributed by atoms with E-state index in [0.717, 1.165) is 0 Å². The zero-order valence-electron chi connectivity index (χ0n) is 10.2. The normalized spacial score (nSPS) is 10.7. The van der Waals surface area contributed by atoms with Crippen LogP contribution in [0.4, 0.5) is 10.1 Å². The highest BCUT2D eigenvalue weighted by Gasteiger charge is 2.13. The van der Waals surface area contributed by atoms with E-state index in [1.54, 1.807) is 24.0 Å². The summed E-state index contributed by atoms with van der Waals surface area (Å²) in [6, 6.07) is 4.59. The number of anilines is 1. The van der Waals surface area contributed by atoms with Gasteiger partial charge in [-0.25, -0.2) is 4.39 Å². The molecule has 18 heavy (non-hydrogen) atoms. The van der Waals surface area contributed by atoms with Gasteiger partial charge in [-0.3, -0.25) is 0 Å². The third-order valence-electron chi connectivity index (χ3n) is 2.53. The molecular weight excluding hydrogens is 257 g/mol. The van der Waals surface area contributed by atoms with Gasteiger partial charge >= 0.3 is 0 Å². The van der Waals surface area contributed by atoms with Gasteiger partial charge in [0.25, 0.3) is 0 Å². The lowest BCUT2D eigenvalue weighted by Gasteiger charge is -2.21. The van der Waals surface area contributed by atoms with Crippen molar-refractivity contribution < 1.29 is 8.81 Å². The fraction of sp³-hybridized carbons (Fsp3) is 0.333. The monoisotopic (exact) mass is 269 g/mol. The zero-order valence-corrected chi connectivity index (χ0v) is 10.9. The molecule has 0 aliphatic heterocycles. The second-order valence-electron chi connectivity index (χ2n) is 3.82. The van der Waals surface area contributed by atoms with Crippen molar-refractivity contribution in [1.29, 1.82) is 0 Å². The Morgan fingerprint density at radius 2 is 2.17 bits per heavy atom. The maximum atomic E-state index is 13.8. The molecule has 1 heterocycles. The summed E-state index contributed by atoms with van der Waals surface area (Å²) in [5.41, 5.74) is 0.470. The second kappa shape index (κ2) is 5.35. The first-order valence-electron chi connectivity index (χ1n) is 5.59. The van der Waals surface area contributed by atoms with E-state index in [-0.39, 0.29) is 5.82 Å². The average Bonchev–Trinajstić information content (AvgIpc) is 2.72. The van der Waals surface area contributed by atoms with Gasteiger partial charge in [-0.1, -0.05) is 11.6 Å². The first-order chi connectivity index (χ1) is 8.60. The first-order valence-corrected chi connectivity index (χ1v) is 5.97. The molecule has 96 valence electrons. The van der Waals surface area contributed by atoms with E-state index >= 15 is 0 Å². The molecule has 0 unspecified atom stereocenters. The molecule has 1 aromatic carbocycles. The molecule has 0 aliphatic rings. The van der Waals surface area contributed by atoms with Crippen LogP contribution in [0.15, 0.2) is 22.6 Å². The van der Waals surface area contributed by atoms with E-state index < -0.39 is 0 Å². The molecule has 0 fully saturated rings. The van der Waals surface area contributed by atoms with E-state index in [0.29, 0.717) is 35.6 Å². The van der Waals surface area contributed by atoms with Crippen molar-refractivity contribution in [2.45, 2.75) is 20.4 Å². The van der Waals surface area contributed by atoms with Crippen LogP contribution in [0.2, 0.25) is 5.02 Å². The highest BCUT2D eigenvalue weighted by Crippen LogP contribution is 2.24. The third-order valence-corrected chi connectivity index (χ3v) is 2.76. The van der Waals surface area contributed by atoms with Crippen molar-refractivity contribution in [2.75, 3.05) is 11.4 Å². The van der Waals surface area contributed by atoms with Gasteiger partial charge in [-0.05, 0) is 25.1 Å². The predicted octanol–water partition coefficient (Wildman–Crippen LogP) is 3.20. The van der Waals surface area contributed by atoms with Crippen molar-refractivity contribution in [1.82, 2.24) is 10.2 Å². The maximum absolute atomic E-state index is 13.8. The van der Waals surface area contributed by atoms with Gasteiger partial charge < -0.3 is 9.32 Å². The lowest BCUT2D eigenvalue weighted by Crippen LogP contribution is -2.23. The van der Waals surface area contributed by atoms with E-state index in [2.05, 4.69) is 10.2 Å². The molecule has 0 saturated carbocycles. The number of nitrogens with zero attached hydrogens (tertiary/aromatic N) is 3. The fourth-order valence-corrected chi connectivity index (χ4v) is 1.83. The highest BCUT2D eigenvalue weighted by atomic mass is 35.5. The summed E-state index contributed by atoms with van der Waals surface area (Å²) in [7, 11) is 0. The fourth-order valence-electron chi connectivity index (χ4n) is 1.67. The van der Waals surface area contributed by atoms with E-state index in [1.807, 2.05) is 6.92 Å². The highest BCUT2D eigenvalue weighted by molar-refractivity contribution is 6.30. The van der Waals surface area contributed by atoms with Crippen molar-refractivity contribution in [3.8, 4) is 0 Å². The molecule has 0 atom stereocenters. The van der Waals surface area contributed by atoms with E-state index in [9.17, 15) is 4.39 Å². The molecule has 0 aliphatic carbocycles. The summed E-state index contributed by atoms with van der Waals surface area (Å²) < 4.78 is 19.1. The molecule has 0 amide bonds. The SMILES string of the molecule is CCN(Cc1nnc(C)o1)c1ccc(Cl)cc1F. The number of hydrogen-bond donors (Lipinski definition) is 0. The van der Waals surface area contributed by atoms with Crippen LogP contribution in [-0.2, 0) is 6.54 Å². The molecule has 0 saturated heterocycles. The Hall–Kier alpha value is -1.62. The van der Waals surface area contributed by atoms with Crippen LogP contribution in [0.25, 0.3) is 0 Å². The quantitative estimate of drug-likeness (QED) is 0.855. The summed E-state index contributed by atoms with van der Waals surface area (Å²) in [6.07, 6.45) is 0.